The fraction of sp³-hybridized carbons (Fsp3) is 0.641. The number of hydrogen-bond acceptors (Lipinski definition) is 11. The second-order valence-corrected chi connectivity index (χ2v) is 17.1. The Hall–Kier alpha value is -3.70. The van der Waals surface area contributed by atoms with Crippen LogP contribution in [0.1, 0.15) is 92.5 Å². The van der Waals surface area contributed by atoms with Crippen LogP contribution in [0.15, 0.2) is 29.6 Å². The molecule has 3 amide bonds. The molecule has 1 aromatic carbocycles. The van der Waals surface area contributed by atoms with Gasteiger partial charge in [-0.25, -0.2) is 4.98 Å². The number of alkyl halides is 3. The van der Waals surface area contributed by atoms with E-state index in [0.29, 0.717) is 10.6 Å². The lowest BCUT2D eigenvalue weighted by Gasteiger charge is -2.40. The molecule has 2 aromatic rings. The fourth-order valence-corrected chi connectivity index (χ4v) is 8.93. The SMILES string of the molecule is COC(=O)[C@@H](C)C[C@H](Cc1ccc(C(F)(F)F)cc1)NC(=O)c1csc([C@@H](C[C@H](C(C)C)N(C)C(=O)[C@@H](NC(=O)[C@H]2CCCCN2C)C2CSC2)OC(C)=O)n1. The van der Waals surface area contributed by atoms with E-state index in [4.69, 9.17) is 9.47 Å². The number of halogens is 3. The Bertz CT molecular complexity index is 1670. The fourth-order valence-electron chi connectivity index (χ4n) is 7.19. The van der Waals surface area contributed by atoms with E-state index in [-0.39, 0.29) is 54.6 Å². The smallest absolute Gasteiger partial charge is 0.416 e. The van der Waals surface area contributed by atoms with Gasteiger partial charge in [0.2, 0.25) is 11.8 Å². The van der Waals surface area contributed by atoms with E-state index in [9.17, 15) is 37.1 Å². The van der Waals surface area contributed by atoms with Gasteiger partial charge in [-0.2, -0.15) is 24.9 Å². The molecule has 2 aliphatic heterocycles. The maximum atomic E-state index is 14.2. The molecule has 2 aliphatic rings. The maximum Gasteiger partial charge on any atom is 0.416 e. The van der Waals surface area contributed by atoms with Crippen LogP contribution in [0.5, 0.6) is 0 Å². The number of likely N-dealkylation sites (N-methyl/N-ethyl adjacent to an activating group) is 2. The topological polar surface area (TPSA) is 147 Å². The van der Waals surface area contributed by atoms with Gasteiger partial charge in [0.15, 0.2) is 6.10 Å². The number of carbonyl (C=O) groups excluding carboxylic acids is 5. The normalized spacial score (nSPS) is 19.2. The van der Waals surface area contributed by atoms with Gasteiger partial charge in [-0.1, -0.05) is 39.3 Å². The Balaban J connectivity index is 1.51. The third-order valence-corrected chi connectivity index (χ3v) is 12.8. The van der Waals surface area contributed by atoms with E-state index < -0.39 is 59.7 Å². The van der Waals surface area contributed by atoms with Crippen molar-refractivity contribution in [1.82, 2.24) is 25.4 Å². The lowest BCUT2D eigenvalue weighted by Crippen LogP contribution is -2.60. The van der Waals surface area contributed by atoms with Crippen LogP contribution in [-0.4, -0.2) is 108 Å². The molecule has 0 unspecified atom stereocenters. The molecule has 17 heteroatoms. The number of nitrogens with zero attached hydrogens (tertiary/aromatic N) is 3. The zero-order valence-corrected chi connectivity index (χ0v) is 34.7. The monoisotopic (exact) mass is 825 g/mol. The van der Waals surface area contributed by atoms with Crippen molar-refractivity contribution in [3.8, 4) is 0 Å². The van der Waals surface area contributed by atoms with Gasteiger partial charge in [0.25, 0.3) is 5.91 Å². The lowest BCUT2D eigenvalue weighted by molar-refractivity contribution is -0.149. The number of carbonyl (C=O) groups is 5. The van der Waals surface area contributed by atoms with Crippen molar-refractivity contribution in [3.63, 3.8) is 0 Å². The second kappa shape index (κ2) is 20.1. The number of likely N-dealkylation sites (tertiary alicyclic amines) is 1. The molecule has 2 saturated heterocycles. The van der Waals surface area contributed by atoms with E-state index in [0.717, 1.165) is 60.8 Å². The van der Waals surface area contributed by atoms with E-state index in [2.05, 4.69) is 15.6 Å². The summed E-state index contributed by atoms with van der Waals surface area (Å²) in [6.07, 6.45) is -2.26. The number of nitrogens with one attached hydrogen (secondary N) is 2. The number of thioether (sulfide) groups is 1. The lowest BCUT2D eigenvalue weighted by atomic mass is 9.93. The highest BCUT2D eigenvalue weighted by atomic mass is 32.2. The zero-order chi connectivity index (χ0) is 41.3. The molecule has 2 fully saturated rings. The number of hydrogen-bond donors (Lipinski definition) is 2. The Morgan fingerprint density at radius 3 is 2.27 bits per heavy atom. The number of esters is 2. The van der Waals surface area contributed by atoms with Gasteiger partial charge in [-0.15, -0.1) is 11.3 Å². The number of amides is 3. The van der Waals surface area contributed by atoms with E-state index in [1.165, 1.54) is 31.5 Å². The van der Waals surface area contributed by atoms with Gasteiger partial charge in [0.1, 0.15) is 16.7 Å². The van der Waals surface area contributed by atoms with Gasteiger partial charge in [0, 0.05) is 43.8 Å². The van der Waals surface area contributed by atoms with Crippen molar-refractivity contribution >= 4 is 52.8 Å². The molecule has 12 nitrogen and oxygen atoms in total. The first kappa shape index (κ1) is 45.0. The number of methoxy groups -OCH3 is 1. The van der Waals surface area contributed by atoms with Crippen molar-refractivity contribution in [2.75, 3.05) is 39.3 Å². The summed E-state index contributed by atoms with van der Waals surface area (Å²) < 4.78 is 50.1. The molecule has 0 saturated carbocycles. The van der Waals surface area contributed by atoms with Crippen molar-refractivity contribution < 1.29 is 46.6 Å². The van der Waals surface area contributed by atoms with Crippen LogP contribution < -0.4 is 10.6 Å². The molecule has 0 bridgehead atoms. The summed E-state index contributed by atoms with van der Waals surface area (Å²) in [5.41, 5.74) is -0.260. The summed E-state index contributed by atoms with van der Waals surface area (Å²) in [4.78, 5) is 74.1. The average molecular weight is 826 g/mol. The maximum absolute atomic E-state index is 14.2. The second-order valence-electron chi connectivity index (χ2n) is 15.2. The van der Waals surface area contributed by atoms with Crippen LogP contribution in [0.3, 0.4) is 0 Å². The highest BCUT2D eigenvalue weighted by Crippen LogP contribution is 2.34. The first-order valence-electron chi connectivity index (χ1n) is 18.9. The Kier molecular flexibility index (Phi) is 16.2. The Morgan fingerprint density at radius 2 is 1.71 bits per heavy atom. The third kappa shape index (κ3) is 12.2. The van der Waals surface area contributed by atoms with Crippen molar-refractivity contribution in [2.45, 2.75) is 103 Å². The third-order valence-electron chi connectivity index (χ3n) is 10.5. The summed E-state index contributed by atoms with van der Waals surface area (Å²) in [5, 5.41) is 7.81. The van der Waals surface area contributed by atoms with E-state index >= 15 is 0 Å². The number of aromatic nitrogens is 1. The van der Waals surface area contributed by atoms with Crippen LogP contribution in [0.2, 0.25) is 0 Å². The average Bonchev–Trinajstić information content (AvgIpc) is 3.62. The van der Waals surface area contributed by atoms with E-state index in [1.807, 2.05) is 25.8 Å². The molecule has 310 valence electrons. The molecule has 0 aliphatic carbocycles. The molecular formula is C39H54F3N5O7S2. The number of ether oxygens (including phenoxy) is 2. The highest BCUT2D eigenvalue weighted by molar-refractivity contribution is 8.00. The largest absolute Gasteiger partial charge is 0.469 e. The molecule has 1 aromatic heterocycles. The summed E-state index contributed by atoms with van der Waals surface area (Å²) in [5.74, 6) is -1.26. The predicted molar refractivity (Wildman–Crippen MR) is 208 cm³/mol. The number of benzene rings is 1. The first-order valence-corrected chi connectivity index (χ1v) is 20.9. The van der Waals surface area contributed by atoms with Crippen LogP contribution in [-0.2, 0) is 41.2 Å². The van der Waals surface area contributed by atoms with Crippen LogP contribution >= 0.6 is 23.1 Å². The summed E-state index contributed by atoms with van der Waals surface area (Å²) in [6, 6.07) is 2.49. The van der Waals surface area contributed by atoms with Gasteiger partial charge < -0.3 is 25.0 Å². The number of thiazole rings is 1. The Morgan fingerprint density at radius 1 is 1.04 bits per heavy atom. The molecule has 2 N–H and O–H groups in total. The highest BCUT2D eigenvalue weighted by Gasteiger charge is 2.41. The quantitative estimate of drug-likeness (QED) is 0.196. The summed E-state index contributed by atoms with van der Waals surface area (Å²) >= 11 is 2.83. The zero-order valence-electron chi connectivity index (χ0n) is 33.0. The molecule has 0 radical (unpaired) electrons. The molecule has 6 atom stereocenters. The molecule has 3 heterocycles. The minimum Gasteiger partial charge on any atom is -0.469 e. The number of piperidine rings is 1. The van der Waals surface area contributed by atoms with Crippen molar-refractivity contribution in [1.29, 1.82) is 0 Å². The first-order chi connectivity index (χ1) is 26.4. The molecule has 4 rings (SSSR count). The van der Waals surface area contributed by atoms with E-state index in [1.54, 1.807) is 30.6 Å². The van der Waals surface area contributed by atoms with Gasteiger partial charge >= 0.3 is 18.1 Å². The van der Waals surface area contributed by atoms with Gasteiger partial charge in [0.05, 0.1) is 24.6 Å². The van der Waals surface area contributed by atoms with Gasteiger partial charge in [-0.3, -0.25) is 28.9 Å². The van der Waals surface area contributed by atoms with Gasteiger partial charge in [-0.05, 0) is 74.4 Å². The Labute approximate surface area is 335 Å². The minimum atomic E-state index is -4.50. The molecule has 0 spiro atoms. The summed E-state index contributed by atoms with van der Waals surface area (Å²) in [7, 11) is 4.87. The standard InChI is InChI=1S/C39H54F3N5O7S2/c1-22(2)31(47(6)37(51)33(26-19-55-20-26)45-35(50)30-10-8-9-15-46(30)5)18-32(54-24(4)48)36-44-29(21-56-36)34(49)43-28(16-23(3)38(52)53-7)17-25-11-13-27(14-12-25)39(40,41)42/h11-14,21-23,26,28,30-33H,8-10,15-20H2,1-7H3,(H,43,49)(H,45,50)/t23-,28+,30+,31+,32+,33-/m0/s1. The van der Waals surface area contributed by atoms with Crippen molar-refractivity contribution in [2.24, 2.45) is 17.8 Å². The van der Waals surface area contributed by atoms with Crippen LogP contribution in [0.4, 0.5) is 13.2 Å². The number of rotatable bonds is 17. The molecular weight excluding hydrogens is 772 g/mol. The molecule has 56 heavy (non-hydrogen) atoms. The van der Waals surface area contributed by atoms with Crippen molar-refractivity contribution in [3.05, 3.63) is 51.5 Å². The minimum absolute atomic E-state index is 0.0106. The van der Waals surface area contributed by atoms with Crippen LogP contribution in [0, 0.1) is 17.8 Å². The predicted octanol–water partition coefficient (Wildman–Crippen LogP) is 5.51. The van der Waals surface area contributed by atoms with Crippen LogP contribution in [0.25, 0.3) is 0 Å². The summed E-state index contributed by atoms with van der Waals surface area (Å²) in [6.45, 7) is 7.63.